The number of aromatic amines is 1. The molecule has 0 amide bonds. The zero-order valence-corrected chi connectivity index (χ0v) is 11.1. The molecule has 0 aliphatic carbocycles. The first-order valence-corrected chi connectivity index (χ1v) is 6.06. The van der Waals surface area contributed by atoms with Gasteiger partial charge in [-0.15, -0.1) is 0 Å². The number of benzene rings is 1. The minimum absolute atomic E-state index is 0.0546. The molecule has 1 N–H and O–H groups in total. The number of nitrogens with one attached hydrogen (secondary N) is 1. The van der Waals surface area contributed by atoms with Crippen LogP contribution in [0.15, 0.2) is 42.6 Å². The SMILES string of the molecule is CN(Cc1ccc(Cl)cc1)c1[nH+]cccc1[N+](=O)[O-]. The van der Waals surface area contributed by atoms with Gasteiger partial charge in [0, 0.05) is 11.1 Å². The van der Waals surface area contributed by atoms with Crippen molar-refractivity contribution in [3.05, 3.63) is 63.3 Å². The lowest BCUT2D eigenvalue weighted by molar-refractivity contribution is -0.411. The van der Waals surface area contributed by atoms with Gasteiger partial charge in [-0.25, -0.2) is 4.98 Å². The third-order valence-corrected chi connectivity index (χ3v) is 2.98. The summed E-state index contributed by atoms with van der Waals surface area (Å²) in [6.45, 7) is 0.554. The van der Waals surface area contributed by atoms with Gasteiger partial charge in [0.05, 0.1) is 18.2 Å². The van der Waals surface area contributed by atoms with Crippen LogP contribution in [0.1, 0.15) is 5.56 Å². The van der Waals surface area contributed by atoms with Gasteiger partial charge in [0.25, 0.3) is 0 Å². The van der Waals surface area contributed by atoms with Gasteiger partial charge < -0.3 is 0 Å². The van der Waals surface area contributed by atoms with Crippen molar-refractivity contribution in [2.24, 2.45) is 0 Å². The van der Waals surface area contributed by atoms with Gasteiger partial charge in [0.2, 0.25) is 0 Å². The Morgan fingerprint density at radius 2 is 2.00 bits per heavy atom. The average molecular weight is 279 g/mol. The maximum absolute atomic E-state index is 11.0. The van der Waals surface area contributed by atoms with E-state index in [0.29, 0.717) is 17.4 Å². The van der Waals surface area contributed by atoms with Crippen molar-refractivity contribution in [3.63, 3.8) is 0 Å². The number of pyridine rings is 1. The van der Waals surface area contributed by atoms with Crippen molar-refractivity contribution < 1.29 is 9.91 Å². The van der Waals surface area contributed by atoms with E-state index in [1.807, 2.05) is 12.1 Å². The highest BCUT2D eigenvalue weighted by Crippen LogP contribution is 2.22. The van der Waals surface area contributed by atoms with Crippen LogP contribution in [0.3, 0.4) is 0 Å². The highest BCUT2D eigenvalue weighted by atomic mass is 35.5. The maximum Gasteiger partial charge on any atom is 0.357 e. The van der Waals surface area contributed by atoms with Crippen LogP contribution in [0.25, 0.3) is 0 Å². The molecule has 0 saturated heterocycles. The Hall–Kier alpha value is -2.14. The van der Waals surface area contributed by atoms with E-state index in [0.717, 1.165) is 5.56 Å². The number of H-pyrrole nitrogens is 1. The highest BCUT2D eigenvalue weighted by molar-refractivity contribution is 6.30. The van der Waals surface area contributed by atoms with E-state index >= 15 is 0 Å². The normalized spacial score (nSPS) is 10.2. The van der Waals surface area contributed by atoms with Gasteiger partial charge in [-0.3, -0.25) is 15.0 Å². The molecule has 5 nitrogen and oxygen atoms in total. The quantitative estimate of drug-likeness (QED) is 0.638. The lowest BCUT2D eigenvalue weighted by Gasteiger charge is -2.10. The minimum Gasteiger partial charge on any atom is -0.258 e. The first-order valence-electron chi connectivity index (χ1n) is 5.68. The number of hydrogen-bond donors (Lipinski definition) is 0. The fourth-order valence-corrected chi connectivity index (χ4v) is 1.94. The summed E-state index contributed by atoms with van der Waals surface area (Å²) in [5, 5.41) is 11.6. The van der Waals surface area contributed by atoms with Crippen molar-refractivity contribution in [3.8, 4) is 0 Å². The second kappa shape index (κ2) is 5.67. The fourth-order valence-electron chi connectivity index (χ4n) is 1.81. The molecule has 1 heterocycles. The summed E-state index contributed by atoms with van der Waals surface area (Å²) in [5.74, 6) is 0.474. The molecular formula is C13H13ClN3O2+. The third kappa shape index (κ3) is 3.20. The summed E-state index contributed by atoms with van der Waals surface area (Å²) in [7, 11) is 1.80. The molecule has 2 aromatic rings. The summed E-state index contributed by atoms with van der Waals surface area (Å²) in [6, 6.07) is 10.5. The van der Waals surface area contributed by atoms with Crippen molar-refractivity contribution in [1.82, 2.24) is 0 Å². The van der Waals surface area contributed by atoms with Crippen LogP contribution in [-0.2, 0) is 6.54 Å². The Balaban J connectivity index is 2.22. The standard InChI is InChI=1S/C13H12ClN3O2/c1-16(9-10-4-6-11(14)7-5-10)13-12(17(18)19)3-2-8-15-13/h2-8H,9H2,1H3/p+1. The highest BCUT2D eigenvalue weighted by Gasteiger charge is 2.24. The van der Waals surface area contributed by atoms with Crippen LogP contribution in [0.2, 0.25) is 5.02 Å². The van der Waals surface area contributed by atoms with E-state index < -0.39 is 4.92 Å². The van der Waals surface area contributed by atoms with E-state index in [1.54, 1.807) is 36.3 Å². The molecule has 19 heavy (non-hydrogen) atoms. The number of hydrogen-bond acceptors (Lipinski definition) is 3. The molecular weight excluding hydrogens is 266 g/mol. The van der Waals surface area contributed by atoms with Gasteiger partial charge in [-0.1, -0.05) is 23.7 Å². The Morgan fingerprint density at radius 3 is 2.63 bits per heavy atom. The largest absolute Gasteiger partial charge is 0.357 e. The molecule has 2 rings (SSSR count). The molecule has 0 aliphatic rings. The molecule has 98 valence electrons. The van der Waals surface area contributed by atoms with Crippen LogP contribution in [-0.4, -0.2) is 12.0 Å². The Kier molecular flexibility index (Phi) is 3.97. The average Bonchev–Trinajstić information content (AvgIpc) is 2.41. The van der Waals surface area contributed by atoms with Crippen molar-refractivity contribution in [2.75, 3.05) is 11.9 Å². The molecule has 0 spiro atoms. The van der Waals surface area contributed by atoms with Gasteiger partial charge in [0.1, 0.15) is 6.54 Å². The van der Waals surface area contributed by atoms with Crippen molar-refractivity contribution >= 4 is 23.1 Å². The predicted octanol–water partition coefficient (Wildman–Crippen LogP) is 2.70. The molecule has 0 aliphatic heterocycles. The van der Waals surface area contributed by atoms with Gasteiger partial charge in [0.15, 0.2) is 0 Å². The Morgan fingerprint density at radius 1 is 1.32 bits per heavy atom. The zero-order valence-electron chi connectivity index (χ0n) is 10.3. The van der Waals surface area contributed by atoms with Gasteiger partial charge in [-0.05, 0) is 23.8 Å². The number of nitrogens with zero attached hydrogens (tertiary/aromatic N) is 2. The molecule has 0 unspecified atom stereocenters. The first-order chi connectivity index (χ1) is 9.08. The first kappa shape index (κ1) is 13.3. The summed E-state index contributed by atoms with van der Waals surface area (Å²) < 4.78 is 0. The van der Waals surface area contributed by atoms with Crippen LogP contribution in [0, 0.1) is 10.1 Å². The lowest BCUT2D eigenvalue weighted by atomic mass is 10.2. The zero-order chi connectivity index (χ0) is 13.8. The summed E-state index contributed by atoms with van der Waals surface area (Å²) in [4.78, 5) is 15.3. The van der Waals surface area contributed by atoms with E-state index in [4.69, 9.17) is 11.6 Å². The Bertz CT molecular complexity index is 587. The molecule has 1 aromatic heterocycles. The van der Waals surface area contributed by atoms with Crippen molar-refractivity contribution in [1.29, 1.82) is 0 Å². The van der Waals surface area contributed by atoms with E-state index in [1.165, 1.54) is 6.07 Å². The molecule has 0 fully saturated rings. The third-order valence-electron chi connectivity index (χ3n) is 2.72. The van der Waals surface area contributed by atoms with E-state index in [-0.39, 0.29) is 5.69 Å². The second-order valence-corrected chi connectivity index (χ2v) is 4.58. The van der Waals surface area contributed by atoms with Crippen LogP contribution in [0.5, 0.6) is 0 Å². The fraction of sp³-hybridized carbons (Fsp3) is 0.154. The molecule has 6 heteroatoms. The number of nitro groups is 1. The molecule has 0 radical (unpaired) electrons. The number of anilines is 1. The lowest BCUT2D eigenvalue weighted by Crippen LogP contribution is -2.25. The van der Waals surface area contributed by atoms with Gasteiger partial charge in [-0.2, -0.15) is 0 Å². The van der Waals surface area contributed by atoms with Gasteiger partial charge >= 0.3 is 11.5 Å². The van der Waals surface area contributed by atoms with E-state index in [9.17, 15) is 10.1 Å². The van der Waals surface area contributed by atoms with Crippen molar-refractivity contribution in [2.45, 2.75) is 6.54 Å². The molecule has 1 aromatic carbocycles. The number of aromatic nitrogens is 1. The molecule has 0 saturated carbocycles. The number of halogens is 1. The van der Waals surface area contributed by atoms with E-state index in [2.05, 4.69) is 4.98 Å². The molecule has 0 bridgehead atoms. The van der Waals surface area contributed by atoms with Crippen LogP contribution in [0.4, 0.5) is 11.5 Å². The smallest absolute Gasteiger partial charge is 0.258 e. The Labute approximate surface area is 115 Å². The minimum atomic E-state index is -0.399. The number of rotatable bonds is 4. The second-order valence-electron chi connectivity index (χ2n) is 4.14. The summed E-state index contributed by atoms with van der Waals surface area (Å²) in [6.07, 6.45) is 1.67. The van der Waals surface area contributed by atoms with Crippen LogP contribution >= 0.6 is 11.6 Å². The monoisotopic (exact) mass is 278 g/mol. The van der Waals surface area contributed by atoms with Crippen LogP contribution < -0.4 is 9.88 Å². The molecule has 0 atom stereocenters. The summed E-state index contributed by atoms with van der Waals surface area (Å²) >= 11 is 5.82. The predicted molar refractivity (Wildman–Crippen MR) is 73.2 cm³/mol. The topological polar surface area (TPSA) is 60.5 Å². The summed E-state index contributed by atoms with van der Waals surface area (Å²) in [5.41, 5.74) is 1.08. The maximum atomic E-state index is 11.0.